The van der Waals surface area contributed by atoms with E-state index in [4.69, 9.17) is 0 Å². The van der Waals surface area contributed by atoms with Gasteiger partial charge in [0.05, 0.1) is 23.1 Å². The van der Waals surface area contributed by atoms with Gasteiger partial charge in [0.2, 0.25) is 5.91 Å². The molecule has 2 heterocycles. The quantitative estimate of drug-likeness (QED) is 0.897. The maximum Gasteiger partial charge on any atom is 0.254 e. The number of hydrogen-bond acceptors (Lipinski definition) is 3. The molecule has 1 aliphatic heterocycles. The van der Waals surface area contributed by atoms with Crippen molar-refractivity contribution in [2.75, 3.05) is 13.1 Å². The molecule has 6 nitrogen and oxygen atoms in total. The van der Waals surface area contributed by atoms with Crippen LogP contribution in [0.3, 0.4) is 0 Å². The van der Waals surface area contributed by atoms with Crippen LogP contribution in [0.1, 0.15) is 47.8 Å². The van der Waals surface area contributed by atoms with E-state index in [9.17, 15) is 9.59 Å². The highest BCUT2D eigenvalue weighted by atomic mass is 16.2. The van der Waals surface area contributed by atoms with E-state index >= 15 is 0 Å². The molecular weight excluding hydrogens is 328 g/mol. The molecule has 26 heavy (non-hydrogen) atoms. The number of para-hydroxylation sites is 1. The second-order valence-corrected chi connectivity index (χ2v) is 6.95. The van der Waals surface area contributed by atoms with E-state index in [2.05, 4.69) is 10.4 Å². The Morgan fingerprint density at radius 1 is 1.27 bits per heavy atom. The maximum absolute atomic E-state index is 12.6. The van der Waals surface area contributed by atoms with E-state index in [1.807, 2.05) is 49.9 Å². The number of carbonyl (C=O) groups excluding carboxylic acids is 2. The van der Waals surface area contributed by atoms with Gasteiger partial charge < -0.3 is 10.2 Å². The van der Waals surface area contributed by atoms with Gasteiger partial charge in [0.25, 0.3) is 5.91 Å². The van der Waals surface area contributed by atoms with E-state index < -0.39 is 0 Å². The van der Waals surface area contributed by atoms with Gasteiger partial charge in [-0.15, -0.1) is 0 Å². The van der Waals surface area contributed by atoms with Crippen LogP contribution in [-0.2, 0) is 4.79 Å². The summed E-state index contributed by atoms with van der Waals surface area (Å²) in [6.07, 6.45) is 4.21. The minimum atomic E-state index is -0.154. The van der Waals surface area contributed by atoms with Crippen LogP contribution in [0.25, 0.3) is 5.69 Å². The van der Waals surface area contributed by atoms with Crippen LogP contribution >= 0.6 is 0 Å². The number of benzene rings is 1. The molecule has 0 aliphatic carbocycles. The first kappa shape index (κ1) is 18.2. The maximum atomic E-state index is 12.6. The van der Waals surface area contributed by atoms with Gasteiger partial charge in [-0.2, -0.15) is 5.10 Å². The van der Waals surface area contributed by atoms with E-state index in [1.54, 1.807) is 10.9 Å². The van der Waals surface area contributed by atoms with Crippen molar-refractivity contribution in [1.29, 1.82) is 0 Å². The second-order valence-electron chi connectivity index (χ2n) is 6.95. The van der Waals surface area contributed by atoms with Crippen LogP contribution in [0.5, 0.6) is 0 Å². The highest BCUT2D eigenvalue weighted by Crippen LogP contribution is 2.18. The van der Waals surface area contributed by atoms with Gasteiger partial charge in [-0.3, -0.25) is 9.59 Å². The van der Waals surface area contributed by atoms with Crippen LogP contribution in [0.15, 0.2) is 30.5 Å². The molecule has 0 saturated carbocycles. The molecule has 6 heteroatoms. The smallest absolute Gasteiger partial charge is 0.254 e. The van der Waals surface area contributed by atoms with Crippen molar-refractivity contribution in [2.45, 2.75) is 46.1 Å². The fourth-order valence-corrected chi connectivity index (χ4v) is 3.42. The molecule has 0 radical (unpaired) electrons. The molecule has 2 aromatic rings. The number of amides is 2. The summed E-state index contributed by atoms with van der Waals surface area (Å²) in [6, 6.07) is 7.95. The molecule has 1 aromatic heterocycles. The molecule has 1 fully saturated rings. The number of likely N-dealkylation sites (tertiary alicyclic amines) is 1. The van der Waals surface area contributed by atoms with Gasteiger partial charge in [0.1, 0.15) is 0 Å². The van der Waals surface area contributed by atoms with Crippen LogP contribution in [0.4, 0.5) is 0 Å². The highest BCUT2D eigenvalue weighted by molar-refractivity contribution is 5.95. The Morgan fingerprint density at radius 3 is 2.77 bits per heavy atom. The van der Waals surface area contributed by atoms with Gasteiger partial charge in [-0.05, 0) is 45.2 Å². The van der Waals surface area contributed by atoms with Crippen molar-refractivity contribution >= 4 is 11.8 Å². The fraction of sp³-hybridized carbons (Fsp3) is 0.450. The molecule has 1 N–H and O–H groups in total. The largest absolute Gasteiger partial charge is 0.350 e. The van der Waals surface area contributed by atoms with Crippen molar-refractivity contribution in [3.05, 3.63) is 47.3 Å². The van der Waals surface area contributed by atoms with Crippen molar-refractivity contribution in [3.63, 3.8) is 0 Å². The van der Waals surface area contributed by atoms with Crippen LogP contribution in [0.2, 0.25) is 0 Å². The lowest BCUT2D eigenvalue weighted by molar-refractivity contribution is -0.135. The van der Waals surface area contributed by atoms with Crippen LogP contribution < -0.4 is 5.32 Å². The van der Waals surface area contributed by atoms with Crippen molar-refractivity contribution < 1.29 is 9.59 Å². The molecule has 1 aliphatic rings. The number of piperidine rings is 1. The second kappa shape index (κ2) is 7.72. The summed E-state index contributed by atoms with van der Waals surface area (Å²) in [4.78, 5) is 26.5. The first-order valence-electron chi connectivity index (χ1n) is 9.17. The van der Waals surface area contributed by atoms with Gasteiger partial charge in [0.15, 0.2) is 0 Å². The number of hydrogen-bond donors (Lipinski definition) is 1. The average molecular weight is 354 g/mol. The number of rotatable bonds is 5. The topological polar surface area (TPSA) is 67.2 Å². The number of carbonyl (C=O) groups is 2. The van der Waals surface area contributed by atoms with Gasteiger partial charge >= 0.3 is 0 Å². The first-order valence-corrected chi connectivity index (χ1v) is 9.17. The monoisotopic (exact) mass is 354 g/mol. The molecule has 2 amide bonds. The minimum absolute atomic E-state index is 0.00142. The summed E-state index contributed by atoms with van der Waals surface area (Å²) in [7, 11) is 0. The molecule has 0 bridgehead atoms. The van der Waals surface area contributed by atoms with Crippen LogP contribution in [0, 0.1) is 13.8 Å². The summed E-state index contributed by atoms with van der Waals surface area (Å²) in [5.41, 5.74) is 3.43. The third-order valence-corrected chi connectivity index (χ3v) is 5.05. The molecule has 1 unspecified atom stereocenters. The Morgan fingerprint density at radius 2 is 2.04 bits per heavy atom. The zero-order chi connectivity index (χ0) is 18.7. The summed E-state index contributed by atoms with van der Waals surface area (Å²) < 4.78 is 1.79. The van der Waals surface area contributed by atoms with Crippen molar-refractivity contribution in [1.82, 2.24) is 20.0 Å². The number of aryl methyl sites for hydroxylation is 1. The normalized spacial score (nSPS) is 15.8. The number of nitrogens with one attached hydrogen (secondary N) is 1. The fourth-order valence-electron chi connectivity index (χ4n) is 3.42. The summed E-state index contributed by atoms with van der Waals surface area (Å²) in [5, 5.41) is 7.34. The van der Waals surface area contributed by atoms with Crippen LogP contribution in [-0.4, -0.2) is 45.6 Å². The zero-order valence-electron chi connectivity index (χ0n) is 15.7. The number of nitrogens with zero attached hydrogens (tertiary/aromatic N) is 3. The Kier molecular flexibility index (Phi) is 5.40. The van der Waals surface area contributed by atoms with Gasteiger partial charge in [-0.25, -0.2) is 4.68 Å². The zero-order valence-corrected chi connectivity index (χ0v) is 15.7. The van der Waals surface area contributed by atoms with E-state index in [1.165, 1.54) is 0 Å². The first-order chi connectivity index (χ1) is 12.5. The predicted octanol–water partition coefficient (Wildman–Crippen LogP) is 2.62. The lowest BCUT2D eigenvalue weighted by Crippen LogP contribution is -2.47. The average Bonchev–Trinajstić information content (AvgIpc) is 3.01. The van der Waals surface area contributed by atoms with E-state index in [0.29, 0.717) is 18.5 Å². The Bertz CT molecular complexity index is 812. The molecule has 1 saturated heterocycles. The molecule has 1 aromatic carbocycles. The predicted molar refractivity (Wildman–Crippen MR) is 100 cm³/mol. The summed E-state index contributed by atoms with van der Waals surface area (Å²) in [5.74, 6) is 0.0280. The summed E-state index contributed by atoms with van der Waals surface area (Å²) in [6.45, 7) is 7.12. The SMILES string of the molecule is Cc1ccccc1-n1ncc(C(=O)NCC(C)N2CCCCC2=O)c1C. The Labute approximate surface area is 154 Å². The molecule has 3 rings (SSSR count). The number of aromatic nitrogens is 2. The van der Waals surface area contributed by atoms with E-state index in [-0.39, 0.29) is 17.9 Å². The Balaban J connectivity index is 1.67. The van der Waals surface area contributed by atoms with Gasteiger partial charge in [0, 0.05) is 25.6 Å². The minimum Gasteiger partial charge on any atom is -0.350 e. The van der Waals surface area contributed by atoms with Crippen molar-refractivity contribution in [3.8, 4) is 5.69 Å². The third-order valence-electron chi connectivity index (χ3n) is 5.05. The van der Waals surface area contributed by atoms with Gasteiger partial charge in [-0.1, -0.05) is 18.2 Å². The van der Waals surface area contributed by atoms with E-state index in [0.717, 1.165) is 36.3 Å². The Hall–Kier alpha value is -2.63. The standard InChI is InChI=1S/C20H26N4O2/c1-14-8-4-5-9-18(14)24-16(3)17(13-22-24)20(26)21-12-15(2)23-11-7-6-10-19(23)25/h4-5,8-9,13,15H,6-7,10-12H2,1-3H3,(H,21,26). The third kappa shape index (κ3) is 3.64. The summed E-state index contributed by atoms with van der Waals surface area (Å²) >= 11 is 0. The molecular formula is C20H26N4O2. The van der Waals surface area contributed by atoms with Crippen molar-refractivity contribution in [2.24, 2.45) is 0 Å². The molecule has 1 atom stereocenters. The lowest BCUT2D eigenvalue weighted by atomic mass is 10.1. The molecule has 0 spiro atoms. The molecule has 138 valence electrons. The highest BCUT2D eigenvalue weighted by Gasteiger charge is 2.24. The lowest BCUT2D eigenvalue weighted by Gasteiger charge is -2.32.